The number of benzene rings is 2. The van der Waals surface area contributed by atoms with Gasteiger partial charge in [0.05, 0.1) is 4.90 Å². The van der Waals surface area contributed by atoms with Crippen LogP contribution in [0.4, 0.5) is 10.1 Å². The van der Waals surface area contributed by atoms with Crippen LogP contribution in [0, 0.1) is 12.7 Å². The van der Waals surface area contributed by atoms with Crippen LogP contribution in [0.5, 0.6) is 0 Å². The van der Waals surface area contributed by atoms with Gasteiger partial charge in [-0.3, -0.25) is 0 Å². The van der Waals surface area contributed by atoms with Crippen molar-refractivity contribution in [3.8, 4) is 0 Å². The molecule has 0 aliphatic heterocycles. The van der Waals surface area contributed by atoms with Crippen molar-refractivity contribution in [1.29, 1.82) is 0 Å². The number of sulfone groups is 1. The van der Waals surface area contributed by atoms with E-state index in [2.05, 4.69) is 0 Å². The molecule has 0 aliphatic rings. The number of hydrogen-bond donors (Lipinski definition) is 1. The predicted molar refractivity (Wildman–Crippen MR) is 79.2 cm³/mol. The Hall–Kier alpha value is -1.53. The number of halogens is 1. The molecule has 0 heterocycles. The molecule has 0 saturated heterocycles. The molecule has 20 heavy (non-hydrogen) atoms. The average Bonchev–Trinajstić information content (AvgIpc) is 2.35. The molecule has 2 N–H and O–H groups in total. The third-order valence-corrected chi connectivity index (χ3v) is 4.98. The molecule has 3 nitrogen and oxygen atoms in total. The fraction of sp³-hybridized carbons (Fsp3) is 0.143. The van der Waals surface area contributed by atoms with E-state index in [4.69, 9.17) is 5.73 Å². The van der Waals surface area contributed by atoms with Crippen molar-refractivity contribution in [2.24, 2.45) is 0 Å². The summed E-state index contributed by atoms with van der Waals surface area (Å²) in [7, 11) is -3.20. The molecule has 0 bridgehead atoms. The van der Waals surface area contributed by atoms with E-state index in [-0.39, 0.29) is 10.7 Å². The third kappa shape index (κ3) is 3.32. The summed E-state index contributed by atoms with van der Waals surface area (Å²) in [5.41, 5.74) is 6.67. The lowest BCUT2D eigenvalue weighted by molar-refractivity contribution is 0.602. The number of aryl methyl sites for hydroxylation is 1. The fourth-order valence-corrected chi connectivity index (χ4v) is 3.21. The summed E-state index contributed by atoms with van der Waals surface area (Å²) >= 11 is 1.37. The normalized spacial score (nSPS) is 11.6. The Bertz CT molecular complexity index is 741. The number of anilines is 1. The Kier molecular flexibility index (Phi) is 4.06. The number of nitrogens with two attached hydrogens (primary N) is 1. The monoisotopic (exact) mass is 311 g/mol. The molecule has 0 unspecified atom stereocenters. The van der Waals surface area contributed by atoms with Gasteiger partial charge in [0.25, 0.3) is 0 Å². The minimum atomic E-state index is -3.20. The first-order valence-corrected chi connectivity index (χ1v) is 8.52. The molecule has 106 valence electrons. The molecule has 0 saturated carbocycles. The number of hydrogen-bond acceptors (Lipinski definition) is 4. The summed E-state index contributed by atoms with van der Waals surface area (Å²) in [6, 6.07) is 9.48. The van der Waals surface area contributed by atoms with Crippen LogP contribution >= 0.6 is 11.8 Å². The molecule has 0 aromatic heterocycles. The molecule has 0 atom stereocenters. The fourth-order valence-electron chi connectivity index (χ4n) is 1.64. The van der Waals surface area contributed by atoms with Crippen LogP contribution in [0.2, 0.25) is 0 Å². The Labute approximate surface area is 121 Å². The van der Waals surface area contributed by atoms with E-state index in [1.165, 1.54) is 17.8 Å². The Morgan fingerprint density at radius 2 is 1.75 bits per heavy atom. The van der Waals surface area contributed by atoms with Crippen molar-refractivity contribution in [2.45, 2.75) is 21.6 Å². The second kappa shape index (κ2) is 5.46. The van der Waals surface area contributed by atoms with Crippen LogP contribution in [0.25, 0.3) is 0 Å². The van der Waals surface area contributed by atoms with Gasteiger partial charge in [-0.1, -0.05) is 11.8 Å². The smallest absolute Gasteiger partial charge is 0.175 e. The van der Waals surface area contributed by atoms with E-state index >= 15 is 0 Å². The topological polar surface area (TPSA) is 60.2 Å². The van der Waals surface area contributed by atoms with Gasteiger partial charge in [-0.25, -0.2) is 12.8 Å². The second-order valence-corrected chi connectivity index (χ2v) is 7.62. The van der Waals surface area contributed by atoms with E-state index in [0.29, 0.717) is 11.3 Å². The molecule has 2 rings (SSSR count). The lowest BCUT2D eigenvalue weighted by atomic mass is 10.2. The van der Waals surface area contributed by atoms with Crippen LogP contribution < -0.4 is 5.73 Å². The standard InChI is InChI=1S/C14H14FNO2S2/c1-9-7-14(13(16)8-12(9)15)19-10-3-5-11(6-4-10)20(2,17)18/h3-8H,16H2,1-2H3. The maximum absolute atomic E-state index is 13.3. The quantitative estimate of drug-likeness (QED) is 0.884. The molecule has 0 aliphatic carbocycles. The summed E-state index contributed by atoms with van der Waals surface area (Å²) in [4.78, 5) is 1.86. The summed E-state index contributed by atoms with van der Waals surface area (Å²) in [5.74, 6) is -0.334. The molecule has 2 aromatic carbocycles. The van der Waals surface area contributed by atoms with E-state index in [0.717, 1.165) is 16.0 Å². The van der Waals surface area contributed by atoms with Gasteiger partial charge in [0.15, 0.2) is 9.84 Å². The van der Waals surface area contributed by atoms with Crippen LogP contribution in [-0.2, 0) is 9.84 Å². The SMILES string of the molecule is Cc1cc(Sc2ccc(S(C)(=O)=O)cc2)c(N)cc1F. The lowest BCUT2D eigenvalue weighted by Crippen LogP contribution is -1.96. The van der Waals surface area contributed by atoms with Gasteiger partial charge in [-0.2, -0.15) is 0 Å². The number of nitrogen functional groups attached to an aromatic ring is 1. The van der Waals surface area contributed by atoms with E-state index in [1.807, 2.05) is 0 Å². The lowest BCUT2D eigenvalue weighted by Gasteiger charge is -2.08. The number of rotatable bonds is 3. The molecule has 0 fully saturated rings. The van der Waals surface area contributed by atoms with Gasteiger partial charge < -0.3 is 5.73 Å². The maximum atomic E-state index is 13.3. The first kappa shape index (κ1) is 14.9. The minimum Gasteiger partial charge on any atom is -0.398 e. The van der Waals surface area contributed by atoms with E-state index in [1.54, 1.807) is 37.3 Å². The molecule has 0 radical (unpaired) electrons. The highest BCUT2D eigenvalue weighted by Crippen LogP contribution is 2.34. The zero-order valence-electron chi connectivity index (χ0n) is 11.1. The predicted octanol–water partition coefficient (Wildman–Crippen LogP) is 3.27. The third-order valence-electron chi connectivity index (χ3n) is 2.77. The Morgan fingerprint density at radius 1 is 1.15 bits per heavy atom. The highest BCUT2D eigenvalue weighted by molar-refractivity contribution is 7.99. The second-order valence-electron chi connectivity index (χ2n) is 4.48. The van der Waals surface area contributed by atoms with Gasteiger partial charge in [-0.15, -0.1) is 0 Å². The van der Waals surface area contributed by atoms with Gasteiger partial charge in [0.2, 0.25) is 0 Å². The van der Waals surface area contributed by atoms with E-state index in [9.17, 15) is 12.8 Å². The first-order chi connectivity index (χ1) is 9.27. The van der Waals surface area contributed by atoms with Gasteiger partial charge >= 0.3 is 0 Å². The molecule has 0 amide bonds. The molecular weight excluding hydrogens is 297 g/mol. The Balaban J connectivity index is 2.29. The Morgan fingerprint density at radius 3 is 2.30 bits per heavy atom. The first-order valence-electron chi connectivity index (χ1n) is 5.81. The maximum Gasteiger partial charge on any atom is 0.175 e. The van der Waals surface area contributed by atoms with Gasteiger partial charge in [-0.05, 0) is 48.9 Å². The van der Waals surface area contributed by atoms with Crippen LogP contribution in [-0.4, -0.2) is 14.7 Å². The largest absolute Gasteiger partial charge is 0.398 e. The molecule has 0 spiro atoms. The van der Waals surface area contributed by atoms with Crippen LogP contribution in [0.15, 0.2) is 51.1 Å². The van der Waals surface area contributed by atoms with Crippen molar-refractivity contribution >= 4 is 27.3 Å². The summed E-state index contributed by atoms with van der Waals surface area (Å²) in [6.45, 7) is 1.67. The highest BCUT2D eigenvalue weighted by Gasteiger charge is 2.09. The average molecular weight is 311 g/mol. The molecule has 6 heteroatoms. The van der Waals surface area contributed by atoms with Crippen molar-refractivity contribution in [3.63, 3.8) is 0 Å². The van der Waals surface area contributed by atoms with Crippen LogP contribution in [0.3, 0.4) is 0 Å². The van der Waals surface area contributed by atoms with Crippen molar-refractivity contribution < 1.29 is 12.8 Å². The molecular formula is C14H14FNO2S2. The minimum absolute atomic E-state index is 0.269. The van der Waals surface area contributed by atoms with Gasteiger partial charge in [0.1, 0.15) is 5.82 Å². The van der Waals surface area contributed by atoms with Gasteiger partial charge in [0, 0.05) is 21.7 Å². The summed E-state index contributed by atoms with van der Waals surface area (Å²) in [6.07, 6.45) is 1.16. The van der Waals surface area contributed by atoms with Crippen molar-refractivity contribution in [1.82, 2.24) is 0 Å². The van der Waals surface area contributed by atoms with Crippen molar-refractivity contribution in [2.75, 3.05) is 12.0 Å². The molecule has 2 aromatic rings. The zero-order chi connectivity index (χ0) is 14.9. The van der Waals surface area contributed by atoms with Crippen LogP contribution in [0.1, 0.15) is 5.56 Å². The highest BCUT2D eigenvalue weighted by atomic mass is 32.2. The summed E-state index contributed by atoms with van der Waals surface area (Å²) < 4.78 is 36.1. The van der Waals surface area contributed by atoms with Crippen molar-refractivity contribution in [3.05, 3.63) is 47.8 Å². The summed E-state index contributed by atoms with van der Waals surface area (Å²) in [5, 5.41) is 0. The zero-order valence-corrected chi connectivity index (χ0v) is 12.7. The van der Waals surface area contributed by atoms with E-state index < -0.39 is 9.84 Å².